The Bertz CT molecular complexity index is 873. The zero-order chi connectivity index (χ0) is 17.6. The fourth-order valence-corrected chi connectivity index (χ4v) is 6.33. The van der Waals surface area contributed by atoms with Gasteiger partial charge >= 0.3 is 0 Å². The van der Waals surface area contributed by atoms with E-state index in [1.54, 1.807) is 23.3 Å². The third-order valence-electron chi connectivity index (χ3n) is 5.19. The van der Waals surface area contributed by atoms with E-state index in [2.05, 4.69) is 49.8 Å². The molecule has 1 saturated heterocycles. The van der Waals surface area contributed by atoms with E-state index in [1.807, 2.05) is 0 Å². The summed E-state index contributed by atoms with van der Waals surface area (Å²) < 4.78 is 4.58. The minimum absolute atomic E-state index is 0.0119. The molecule has 1 aromatic heterocycles. The summed E-state index contributed by atoms with van der Waals surface area (Å²) in [4.78, 5) is 15.7. The minimum Gasteiger partial charge on any atom is -0.353 e. The average molecular weight is 465 g/mol. The number of thiophene rings is 1. The van der Waals surface area contributed by atoms with Gasteiger partial charge in [-0.2, -0.15) is 0 Å². The minimum atomic E-state index is -0.475. The number of hydrogen-bond acceptors (Lipinski definition) is 4. The van der Waals surface area contributed by atoms with Crippen LogP contribution in [-0.4, -0.2) is 27.7 Å². The fourth-order valence-electron chi connectivity index (χ4n) is 3.65. The maximum Gasteiger partial charge on any atom is 0.234 e. The first-order valence-corrected chi connectivity index (χ1v) is 11.7. The highest BCUT2D eigenvalue weighted by Crippen LogP contribution is 2.50. The summed E-state index contributed by atoms with van der Waals surface area (Å²) in [5.41, 5.74) is 2.04. The molecule has 1 saturated carbocycles. The normalized spacial score (nSPS) is 29.0. The van der Waals surface area contributed by atoms with E-state index in [-0.39, 0.29) is 32.6 Å². The van der Waals surface area contributed by atoms with Crippen LogP contribution in [0.5, 0.6) is 0 Å². The molecule has 25 heavy (non-hydrogen) atoms. The number of carbonyl (C=O) groups excluding carboxylic acids is 1. The predicted molar refractivity (Wildman–Crippen MR) is 112 cm³/mol. The highest BCUT2D eigenvalue weighted by Gasteiger charge is 2.54. The zero-order valence-corrected chi connectivity index (χ0v) is 17.1. The first kappa shape index (κ1) is 16.9. The molecule has 1 aromatic rings. The van der Waals surface area contributed by atoms with Gasteiger partial charge in [0.15, 0.2) is 5.82 Å². The van der Waals surface area contributed by atoms with E-state index >= 15 is 0 Å². The summed E-state index contributed by atoms with van der Waals surface area (Å²) in [5.74, 6) is 3.30. The van der Waals surface area contributed by atoms with Gasteiger partial charge in [-0.05, 0) is 56.4 Å². The molecule has 4 rings (SSSR count). The molecule has 3 heterocycles. The van der Waals surface area contributed by atoms with Gasteiger partial charge < -0.3 is 5.32 Å². The molecule has 2 aliphatic heterocycles. The zero-order valence-electron chi connectivity index (χ0n) is 14.2. The van der Waals surface area contributed by atoms with Gasteiger partial charge in [0.05, 0.1) is 11.5 Å². The van der Waals surface area contributed by atoms with Gasteiger partial charge in [0, 0.05) is 17.8 Å². The second kappa shape index (κ2) is 6.34. The second-order valence-electron chi connectivity index (χ2n) is 6.89. The maximum atomic E-state index is 13.0. The van der Waals surface area contributed by atoms with Crippen molar-refractivity contribution in [2.75, 3.05) is 7.05 Å². The summed E-state index contributed by atoms with van der Waals surface area (Å²) in [5, 5.41) is 13.2. The van der Waals surface area contributed by atoms with Crippen molar-refractivity contribution in [3.63, 3.8) is 0 Å². The van der Waals surface area contributed by atoms with E-state index in [1.165, 1.54) is 11.1 Å². The van der Waals surface area contributed by atoms with Crippen molar-refractivity contribution in [3.05, 3.63) is 43.9 Å². The summed E-state index contributed by atoms with van der Waals surface area (Å²) in [6, 6.07) is 2.22. The van der Waals surface area contributed by atoms with Crippen LogP contribution in [0.2, 0.25) is 0 Å². The quantitative estimate of drug-likeness (QED) is 0.527. The lowest BCUT2D eigenvalue weighted by Gasteiger charge is -2.45. The molecule has 0 radical (unpaired) electrons. The van der Waals surface area contributed by atoms with Gasteiger partial charge in [0.2, 0.25) is 5.91 Å². The Hall–Kier alpha value is -1.50. The van der Waals surface area contributed by atoms with Crippen molar-refractivity contribution in [3.8, 4) is 0 Å². The molecule has 0 aromatic carbocycles. The van der Waals surface area contributed by atoms with Gasteiger partial charge in [-0.15, -0.1) is 11.3 Å². The van der Waals surface area contributed by atoms with Crippen molar-refractivity contribution in [2.24, 2.45) is 11.8 Å². The molecular weight excluding hydrogens is 445 g/mol. The molecule has 0 spiro atoms. The van der Waals surface area contributed by atoms with E-state index in [0.29, 0.717) is 11.7 Å². The second-order valence-corrected chi connectivity index (χ2v) is 9.86. The standard InChI is InChI=1S/C19H20IN3OS/c1-19(15-8-14(11-25-15)13-4-3-7-20-9-13)17(12-5-6-12)18(24)23(2)16(10-21)22-19/h3-4,7-9,11-12,17,21-22H,5-6H2,1-2H3/t17-,19-/m1/s1. The summed E-state index contributed by atoms with van der Waals surface area (Å²) >= 11 is 1.72. The third-order valence-corrected chi connectivity index (χ3v) is 8.22. The van der Waals surface area contributed by atoms with Crippen molar-refractivity contribution in [1.29, 1.82) is 5.41 Å². The van der Waals surface area contributed by atoms with Gasteiger partial charge in [-0.25, -0.2) is 0 Å². The topological polar surface area (TPSA) is 56.2 Å². The lowest BCUT2D eigenvalue weighted by molar-refractivity contribution is -0.139. The molecule has 0 unspecified atom stereocenters. The van der Waals surface area contributed by atoms with Crippen molar-refractivity contribution in [1.82, 2.24) is 10.2 Å². The van der Waals surface area contributed by atoms with Crippen LogP contribution in [0.1, 0.15) is 30.2 Å². The number of rotatable bonds is 3. The van der Waals surface area contributed by atoms with Crippen LogP contribution in [-0.2, 0) is 10.3 Å². The van der Waals surface area contributed by atoms with Gasteiger partial charge in [0.25, 0.3) is 0 Å². The molecular formula is C19H20IN3OS. The van der Waals surface area contributed by atoms with Crippen molar-refractivity contribution in [2.45, 2.75) is 25.3 Å². The molecule has 6 heteroatoms. The van der Waals surface area contributed by atoms with E-state index in [0.717, 1.165) is 17.7 Å². The number of carbonyl (C=O) groups is 1. The highest BCUT2D eigenvalue weighted by molar-refractivity contribution is 14.2. The van der Waals surface area contributed by atoms with Crippen LogP contribution in [0.15, 0.2) is 33.5 Å². The summed E-state index contributed by atoms with van der Waals surface area (Å²) in [7, 11) is 1.73. The molecule has 1 amide bonds. The molecule has 2 fully saturated rings. The highest BCUT2D eigenvalue weighted by atomic mass is 127. The molecule has 0 bridgehead atoms. The Morgan fingerprint density at radius 1 is 1.48 bits per heavy atom. The monoisotopic (exact) mass is 465 g/mol. The third kappa shape index (κ3) is 2.86. The smallest absolute Gasteiger partial charge is 0.234 e. The summed E-state index contributed by atoms with van der Waals surface area (Å²) in [6.07, 6.45) is 6.52. The van der Waals surface area contributed by atoms with Crippen LogP contribution < -0.4 is 5.32 Å². The van der Waals surface area contributed by atoms with Gasteiger partial charge in [0.1, 0.15) is 0 Å². The first-order chi connectivity index (χ1) is 12.0. The molecule has 130 valence electrons. The van der Waals surface area contributed by atoms with Crippen molar-refractivity contribution >= 4 is 53.4 Å². The predicted octanol–water partition coefficient (Wildman–Crippen LogP) is 3.82. The molecule has 2 N–H and O–H groups in total. The number of nitrogens with zero attached hydrogens (tertiary/aromatic N) is 1. The molecule has 3 aliphatic rings. The SMILES string of the molecule is CN1C(=O)[C@@H](C2CC2)[C@@](C)(c2cc(C3=CI=CC=C3)cs2)NC1=C=N. The van der Waals surface area contributed by atoms with Crippen LogP contribution in [0.4, 0.5) is 0 Å². The van der Waals surface area contributed by atoms with Crippen LogP contribution in [0.25, 0.3) is 5.57 Å². The fraction of sp³-hybridized carbons (Fsp3) is 0.368. The van der Waals surface area contributed by atoms with Crippen LogP contribution in [0.3, 0.4) is 0 Å². The lowest BCUT2D eigenvalue weighted by atomic mass is 9.77. The van der Waals surface area contributed by atoms with Crippen LogP contribution >= 0.6 is 32.1 Å². The Kier molecular flexibility index (Phi) is 4.30. The number of nitrogens with one attached hydrogen (secondary N) is 2. The maximum absolute atomic E-state index is 13.0. The Balaban J connectivity index is 1.76. The van der Waals surface area contributed by atoms with Gasteiger partial charge in [-0.3, -0.25) is 15.1 Å². The van der Waals surface area contributed by atoms with Gasteiger partial charge in [-0.1, -0.05) is 32.9 Å². The van der Waals surface area contributed by atoms with Crippen LogP contribution in [0, 0.1) is 17.2 Å². The van der Waals surface area contributed by atoms with E-state index < -0.39 is 5.54 Å². The number of allylic oxidation sites excluding steroid dienone is 3. The Morgan fingerprint density at radius 2 is 2.28 bits per heavy atom. The first-order valence-electron chi connectivity index (χ1n) is 8.31. The van der Waals surface area contributed by atoms with E-state index in [4.69, 9.17) is 5.41 Å². The Morgan fingerprint density at radius 3 is 2.92 bits per heavy atom. The number of amides is 1. The average Bonchev–Trinajstić information content (AvgIpc) is 3.32. The summed E-state index contributed by atoms with van der Waals surface area (Å²) in [6.45, 7) is 2.11. The lowest BCUT2D eigenvalue weighted by Crippen LogP contribution is -2.60. The molecule has 4 nitrogen and oxygen atoms in total. The largest absolute Gasteiger partial charge is 0.353 e. The van der Waals surface area contributed by atoms with E-state index in [9.17, 15) is 4.79 Å². The Labute approximate surface area is 161 Å². The molecule has 1 aliphatic carbocycles. The molecule has 2 atom stereocenters. The van der Waals surface area contributed by atoms with Crippen molar-refractivity contribution < 1.29 is 4.79 Å². The number of halogens is 1. The number of hydrogen-bond donors (Lipinski definition) is 2.